The molecule has 1 saturated heterocycles. The average molecular weight is 297 g/mol. The van der Waals surface area contributed by atoms with Crippen molar-refractivity contribution in [1.82, 2.24) is 14.3 Å². The van der Waals surface area contributed by atoms with E-state index in [0.29, 0.717) is 10.8 Å². The third kappa shape index (κ3) is 2.22. The minimum atomic E-state index is -3.39. The fourth-order valence-electron chi connectivity index (χ4n) is 2.43. The Balaban J connectivity index is 1.96. The zero-order valence-electron chi connectivity index (χ0n) is 10.5. The molecular weight excluding hydrogens is 282 g/mol. The van der Waals surface area contributed by atoms with E-state index in [1.807, 2.05) is 6.92 Å². The standard InChI is InChI=1S/C12H15N3O2S2/c1-9-8-13-12(14-9)10-4-2-6-15(10)19(16,17)11-5-3-7-18-11/h3,5,7-8,10H,2,4,6H2,1H3,(H,13,14). The van der Waals surface area contributed by atoms with Crippen LogP contribution in [0.5, 0.6) is 0 Å². The molecule has 0 bridgehead atoms. The molecule has 5 nitrogen and oxygen atoms in total. The summed E-state index contributed by atoms with van der Waals surface area (Å²) in [7, 11) is -3.39. The maximum atomic E-state index is 12.6. The van der Waals surface area contributed by atoms with Crippen molar-refractivity contribution >= 4 is 21.4 Å². The lowest BCUT2D eigenvalue weighted by atomic mass is 10.2. The summed E-state index contributed by atoms with van der Waals surface area (Å²) in [5.74, 6) is 0.745. The Kier molecular flexibility index (Phi) is 3.20. The third-order valence-electron chi connectivity index (χ3n) is 3.30. The van der Waals surface area contributed by atoms with Gasteiger partial charge in [-0.2, -0.15) is 4.31 Å². The summed E-state index contributed by atoms with van der Waals surface area (Å²) < 4.78 is 27.1. The molecule has 102 valence electrons. The second-order valence-corrected chi connectivity index (χ2v) is 7.72. The third-order valence-corrected chi connectivity index (χ3v) is 6.58. The Labute approximate surface area is 116 Å². The van der Waals surface area contributed by atoms with Crippen LogP contribution in [0.3, 0.4) is 0 Å². The van der Waals surface area contributed by atoms with Gasteiger partial charge in [0.1, 0.15) is 10.0 Å². The predicted octanol–water partition coefficient (Wildman–Crippen LogP) is 2.31. The number of thiophene rings is 1. The first kappa shape index (κ1) is 12.8. The maximum Gasteiger partial charge on any atom is 0.253 e. The average Bonchev–Trinajstić information content (AvgIpc) is 3.10. The number of nitrogens with zero attached hydrogens (tertiary/aromatic N) is 2. The Morgan fingerprint density at radius 3 is 3.00 bits per heavy atom. The topological polar surface area (TPSA) is 66.1 Å². The molecule has 1 aliphatic heterocycles. The fourth-order valence-corrected chi connectivity index (χ4v) is 5.21. The largest absolute Gasteiger partial charge is 0.345 e. The van der Waals surface area contributed by atoms with Crippen LogP contribution < -0.4 is 0 Å². The first-order valence-corrected chi connectivity index (χ1v) is 8.48. The number of aromatic amines is 1. The molecule has 1 N–H and O–H groups in total. The van der Waals surface area contributed by atoms with Gasteiger partial charge in [-0.1, -0.05) is 6.07 Å². The van der Waals surface area contributed by atoms with Crippen molar-refractivity contribution in [2.45, 2.75) is 30.0 Å². The summed E-state index contributed by atoms with van der Waals surface area (Å²) in [4.78, 5) is 7.44. The molecule has 3 heterocycles. The molecule has 1 fully saturated rings. The van der Waals surface area contributed by atoms with E-state index in [1.165, 1.54) is 11.3 Å². The van der Waals surface area contributed by atoms with Crippen LogP contribution in [0.15, 0.2) is 27.9 Å². The molecule has 3 rings (SSSR count). The molecule has 0 spiro atoms. The van der Waals surface area contributed by atoms with Crippen LogP contribution in [0.25, 0.3) is 0 Å². The lowest BCUT2D eigenvalue weighted by molar-refractivity contribution is 0.386. The van der Waals surface area contributed by atoms with E-state index in [1.54, 1.807) is 28.0 Å². The highest BCUT2D eigenvalue weighted by Gasteiger charge is 2.38. The number of hydrogen-bond donors (Lipinski definition) is 1. The van der Waals surface area contributed by atoms with Crippen LogP contribution in [0.2, 0.25) is 0 Å². The highest BCUT2D eigenvalue weighted by molar-refractivity contribution is 7.91. The van der Waals surface area contributed by atoms with Gasteiger partial charge in [0.2, 0.25) is 0 Å². The number of aryl methyl sites for hydroxylation is 1. The number of sulfonamides is 1. The highest BCUT2D eigenvalue weighted by Crippen LogP contribution is 2.36. The summed E-state index contributed by atoms with van der Waals surface area (Å²) in [6, 6.07) is 3.25. The lowest BCUT2D eigenvalue weighted by Crippen LogP contribution is -2.30. The Morgan fingerprint density at radius 2 is 2.37 bits per heavy atom. The molecule has 0 saturated carbocycles. The molecule has 19 heavy (non-hydrogen) atoms. The van der Waals surface area contributed by atoms with Gasteiger partial charge in [-0.3, -0.25) is 0 Å². The first-order chi connectivity index (χ1) is 9.09. The van der Waals surface area contributed by atoms with Gasteiger partial charge in [-0.15, -0.1) is 11.3 Å². The normalized spacial score (nSPS) is 21.0. The molecule has 2 aromatic heterocycles. The van der Waals surface area contributed by atoms with Crippen molar-refractivity contribution in [2.24, 2.45) is 0 Å². The lowest BCUT2D eigenvalue weighted by Gasteiger charge is -2.21. The Morgan fingerprint density at radius 1 is 1.53 bits per heavy atom. The number of hydrogen-bond acceptors (Lipinski definition) is 4. The summed E-state index contributed by atoms with van der Waals surface area (Å²) >= 11 is 1.26. The van der Waals surface area contributed by atoms with Crippen molar-refractivity contribution in [1.29, 1.82) is 0 Å². The number of H-pyrrole nitrogens is 1. The van der Waals surface area contributed by atoms with E-state index in [9.17, 15) is 8.42 Å². The second-order valence-electron chi connectivity index (χ2n) is 4.66. The fraction of sp³-hybridized carbons (Fsp3) is 0.417. The van der Waals surface area contributed by atoms with Crippen molar-refractivity contribution in [2.75, 3.05) is 6.54 Å². The summed E-state index contributed by atoms with van der Waals surface area (Å²) in [5, 5.41) is 1.79. The van der Waals surface area contributed by atoms with E-state index < -0.39 is 10.0 Å². The summed E-state index contributed by atoms with van der Waals surface area (Å²) in [6.45, 7) is 2.48. The SMILES string of the molecule is Cc1cnc(C2CCCN2S(=O)(=O)c2cccs2)[nH]1. The van der Waals surface area contributed by atoms with E-state index in [-0.39, 0.29) is 6.04 Å². The molecule has 0 amide bonds. The minimum absolute atomic E-state index is 0.166. The first-order valence-electron chi connectivity index (χ1n) is 6.16. The van der Waals surface area contributed by atoms with Crippen LogP contribution >= 0.6 is 11.3 Å². The van der Waals surface area contributed by atoms with Gasteiger partial charge < -0.3 is 4.98 Å². The van der Waals surface area contributed by atoms with Crippen LogP contribution in [-0.2, 0) is 10.0 Å². The summed E-state index contributed by atoms with van der Waals surface area (Å²) in [5.41, 5.74) is 0.954. The molecule has 1 atom stereocenters. The zero-order chi connectivity index (χ0) is 13.5. The minimum Gasteiger partial charge on any atom is -0.345 e. The van der Waals surface area contributed by atoms with Crippen LogP contribution in [0.4, 0.5) is 0 Å². The van der Waals surface area contributed by atoms with E-state index in [0.717, 1.165) is 24.4 Å². The maximum absolute atomic E-state index is 12.6. The van der Waals surface area contributed by atoms with E-state index in [2.05, 4.69) is 9.97 Å². The molecule has 1 aliphatic rings. The molecule has 0 radical (unpaired) electrons. The Bertz CT molecular complexity index is 661. The molecule has 7 heteroatoms. The number of imidazole rings is 1. The second kappa shape index (κ2) is 4.73. The predicted molar refractivity (Wildman–Crippen MR) is 73.5 cm³/mol. The van der Waals surface area contributed by atoms with Crippen LogP contribution in [0.1, 0.15) is 30.4 Å². The van der Waals surface area contributed by atoms with Crippen LogP contribution in [-0.4, -0.2) is 29.2 Å². The number of rotatable bonds is 3. The van der Waals surface area contributed by atoms with Gasteiger partial charge in [-0.25, -0.2) is 13.4 Å². The molecule has 0 aliphatic carbocycles. The van der Waals surface area contributed by atoms with Gasteiger partial charge >= 0.3 is 0 Å². The van der Waals surface area contributed by atoms with Gasteiger partial charge in [-0.05, 0) is 31.2 Å². The van der Waals surface area contributed by atoms with E-state index >= 15 is 0 Å². The van der Waals surface area contributed by atoms with Crippen molar-refractivity contribution in [3.63, 3.8) is 0 Å². The Hall–Kier alpha value is -1.18. The summed E-state index contributed by atoms with van der Waals surface area (Å²) in [6.07, 6.45) is 3.43. The molecule has 0 aromatic carbocycles. The van der Waals surface area contributed by atoms with E-state index in [4.69, 9.17) is 0 Å². The number of nitrogens with one attached hydrogen (secondary N) is 1. The van der Waals surface area contributed by atoms with Gasteiger partial charge in [0.05, 0.1) is 6.04 Å². The van der Waals surface area contributed by atoms with Gasteiger partial charge in [0.25, 0.3) is 10.0 Å². The van der Waals surface area contributed by atoms with Gasteiger partial charge in [0, 0.05) is 18.4 Å². The van der Waals surface area contributed by atoms with Gasteiger partial charge in [0.15, 0.2) is 0 Å². The molecule has 1 unspecified atom stereocenters. The zero-order valence-corrected chi connectivity index (χ0v) is 12.2. The van der Waals surface area contributed by atoms with Crippen molar-refractivity contribution in [3.05, 3.63) is 35.2 Å². The quantitative estimate of drug-likeness (QED) is 0.945. The van der Waals surface area contributed by atoms with Crippen molar-refractivity contribution < 1.29 is 8.42 Å². The van der Waals surface area contributed by atoms with Crippen molar-refractivity contribution in [3.8, 4) is 0 Å². The number of aromatic nitrogens is 2. The van der Waals surface area contributed by atoms with Crippen LogP contribution in [0, 0.1) is 6.92 Å². The molecule has 2 aromatic rings. The highest BCUT2D eigenvalue weighted by atomic mass is 32.2. The molecular formula is C12H15N3O2S2. The monoisotopic (exact) mass is 297 g/mol. The smallest absolute Gasteiger partial charge is 0.253 e.